The summed E-state index contributed by atoms with van der Waals surface area (Å²) in [5.41, 5.74) is 8.59. The van der Waals surface area contributed by atoms with Gasteiger partial charge in [0, 0.05) is 48.7 Å². The predicted molar refractivity (Wildman–Crippen MR) is 115 cm³/mol. The quantitative estimate of drug-likeness (QED) is 0.695. The van der Waals surface area contributed by atoms with Crippen LogP contribution >= 0.6 is 0 Å². The lowest BCUT2D eigenvalue weighted by molar-refractivity contribution is 0.0692. The molecule has 2 amide bonds. The Morgan fingerprint density at radius 1 is 1.00 bits per heavy atom. The minimum Gasteiger partial charge on any atom is -0.478 e. The van der Waals surface area contributed by atoms with Gasteiger partial charge in [0.25, 0.3) is 0 Å². The number of rotatable bonds is 4. The number of para-hydroxylation sites is 1. The Labute approximate surface area is 174 Å². The molecule has 1 aliphatic heterocycles. The highest BCUT2D eigenvalue weighted by Gasteiger charge is 2.30. The van der Waals surface area contributed by atoms with Gasteiger partial charge in [-0.25, -0.2) is 14.6 Å². The molecule has 4 rings (SSSR count). The Morgan fingerprint density at radius 2 is 1.63 bits per heavy atom. The number of carboxylic acid groups (broad SMARTS) is 1. The van der Waals surface area contributed by atoms with E-state index < -0.39 is 12.0 Å². The number of carboxylic acids is 1. The number of aromatic nitrogens is 1. The van der Waals surface area contributed by atoms with Gasteiger partial charge in [-0.05, 0) is 13.0 Å². The second-order valence-corrected chi connectivity index (χ2v) is 7.47. The third kappa shape index (κ3) is 3.59. The number of benzene rings is 2. The van der Waals surface area contributed by atoms with Gasteiger partial charge in [-0.2, -0.15) is 0 Å². The fourth-order valence-electron chi connectivity index (χ4n) is 4.19. The summed E-state index contributed by atoms with van der Waals surface area (Å²) in [4.78, 5) is 32.6. The molecule has 1 atom stereocenters. The summed E-state index contributed by atoms with van der Waals surface area (Å²) in [6.45, 7) is 4.27. The molecule has 2 heterocycles. The summed E-state index contributed by atoms with van der Waals surface area (Å²) >= 11 is 0. The van der Waals surface area contributed by atoms with Gasteiger partial charge in [0.15, 0.2) is 0 Å². The van der Waals surface area contributed by atoms with E-state index in [0.29, 0.717) is 48.3 Å². The molecule has 2 aromatic carbocycles. The van der Waals surface area contributed by atoms with Crippen LogP contribution in [0.25, 0.3) is 22.2 Å². The van der Waals surface area contributed by atoms with Crippen molar-refractivity contribution in [2.45, 2.75) is 13.0 Å². The fraction of sp³-hybridized carbons (Fsp3) is 0.261. The Balaban J connectivity index is 1.87. The minimum absolute atomic E-state index is 0.196. The van der Waals surface area contributed by atoms with E-state index in [2.05, 4.69) is 4.90 Å². The van der Waals surface area contributed by atoms with Crippen LogP contribution in [-0.2, 0) is 0 Å². The van der Waals surface area contributed by atoms with Crippen molar-refractivity contribution in [1.29, 1.82) is 0 Å². The molecule has 1 unspecified atom stereocenters. The zero-order valence-corrected chi connectivity index (χ0v) is 16.8. The maximum absolute atomic E-state index is 12.4. The molecule has 1 aromatic heterocycles. The standard InChI is InChI=1S/C23H24N4O3/c1-15(26-11-13-27(14-12-26)23(24)30)19-20(22(28)29)17-9-5-6-10-18(17)25-21(19)16-7-3-2-4-8-16/h2-10,15H,11-14H2,1H3,(H2,24,30)(H,28,29). The number of carbonyl (C=O) groups is 2. The van der Waals surface area contributed by atoms with Crippen molar-refractivity contribution in [3.05, 3.63) is 65.7 Å². The van der Waals surface area contributed by atoms with Crippen molar-refractivity contribution < 1.29 is 14.7 Å². The first-order valence-corrected chi connectivity index (χ1v) is 9.97. The van der Waals surface area contributed by atoms with Crippen molar-refractivity contribution >= 4 is 22.9 Å². The smallest absolute Gasteiger partial charge is 0.336 e. The van der Waals surface area contributed by atoms with Gasteiger partial charge in [0.05, 0.1) is 16.8 Å². The van der Waals surface area contributed by atoms with Crippen molar-refractivity contribution in [3.63, 3.8) is 0 Å². The first kappa shape index (κ1) is 19.8. The predicted octanol–water partition coefficient (Wildman–Crippen LogP) is 3.36. The molecule has 3 N–H and O–H groups in total. The van der Waals surface area contributed by atoms with Crippen LogP contribution in [0, 0.1) is 0 Å². The molecule has 0 radical (unpaired) electrons. The van der Waals surface area contributed by atoms with Gasteiger partial charge in [0.1, 0.15) is 0 Å². The Bertz CT molecular complexity index is 1090. The highest BCUT2D eigenvalue weighted by atomic mass is 16.4. The second-order valence-electron chi connectivity index (χ2n) is 7.47. The number of nitrogens with two attached hydrogens (primary N) is 1. The molecular formula is C23H24N4O3. The van der Waals surface area contributed by atoms with Gasteiger partial charge in [-0.15, -0.1) is 0 Å². The summed E-state index contributed by atoms with van der Waals surface area (Å²) in [7, 11) is 0. The van der Waals surface area contributed by atoms with E-state index in [4.69, 9.17) is 10.7 Å². The van der Waals surface area contributed by atoms with Crippen LogP contribution in [-0.4, -0.2) is 58.1 Å². The summed E-state index contributed by atoms with van der Waals surface area (Å²) in [5.74, 6) is -0.969. The number of primary amides is 1. The lowest BCUT2D eigenvalue weighted by Gasteiger charge is -2.38. The molecule has 1 saturated heterocycles. The van der Waals surface area contributed by atoms with Crippen molar-refractivity contribution in [2.24, 2.45) is 5.73 Å². The average molecular weight is 404 g/mol. The molecular weight excluding hydrogens is 380 g/mol. The summed E-state index contributed by atoms with van der Waals surface area (Å²) in [5, 5.41) is 10.8. The largest absolute Gasteiger partial charge is 0.478 e. The van der Waals surface area contributed by atoms with Crippen LogP contribution < -0.4 is 5.73 Å². The van der Waals surface area contributed by atoms with Crippen LogP contribution in [0.1, 0.15) is 28.9 Å². The maximum Gasteiger partial charge on any atom is 0.336 e. The van der Waals surface area contributed by atoms with Crippen LogP contribution in [0.5, 0.6) is 0 Å². The minimum atomic E-state index is -0.969. The van der Waals surface area contributed by atoms with Gasteiger partial charge >= 0.3 is 12.0 Å². The molecule has 1 aliphatic rings. The number of piperazine rings is 1. The SMILES string of the molecule is CC(c1c(-c2ccccc2)nc2ccccc2c1C(=O)O)N1CCN(C(N)=O)CC1. The highest BCUT2D eigenvalue weighted by Crippen LogP contribution is 2.37. The van der Waals surface area contributed by atoms with Gasteiger partial charge in [0.2, 0.25) is 0 Å². The lowest BCUT2D eigenvalue weighted by atomic mass is 9.91. The first-order chi connectivity index (χ1) is 14.5. The van der Waals surface area contributed by atoms with Crippen LogP contribution in [0.3, 0.4) is 0 Å². The van der Waals surface area contributed by atoms with E-state index in [1.54, 1.807) is 4.90 Å². The summed E-state index contributed by atoms with van der Waals surface area (Å²) < 4.78 is 0. The number of carbonyl (C=O) groups excluding carboxylic acids is 1. The molecule has 154 valence electrons. The maximum atomic E-state index is 12.4. The van der Waals surface area contributed by atoms with E-state index in [9.17, 15) is 14.7 Å². The van der Waals surface area contributed by atoms with E-state index in [0.717, 1.165) is 5.56 Å². The number of amides is 2. The average Bonchev–Trinajstić information content (AvgIpc) is 2.77. The molecule has 0 spiro atoms. The topological polar surface area (TPSA) is 99.8 Å². The number of hydrogen-bond donors (Lipinski definition) is 2. The highest BCUT2D eigenvalue weighted by molar-refractivity contribution is 6.06. The fourth-order valence-corrected chi connectivity index (χ4v) is 4.19. The second kappa shape index (κ2) is 8.12. The van der Waals surface area contributed by atoms with Crippen LogP contribution in [0.15, 0.2) is 54.6 Å². The summed E-state index contributed by atoms with van der Waals surface area (Å²) in [6, 6.07) is 16.4. The normalized spacial score (nSPS) is 15.8. The van der Waals surface area contributed by atoms with Gasteiger partial charge in [-0.3, -0.25) is 4.90 Å². The third-order valence-corrected chi connectivity index (χ3v) is 5.78. The van der Waals surface area contributed by atoms with Crippen LogP contribution in [0.4, 0.5) is 4.79 Å². The molecule has 0 saturated carbocycles. The number of nitrogens with zero attached hydrogens (tertiary/aromatic N) is 3. The third-order valence-electron chi connectivity index (χ3n) is 5.78. The molecule has 3 aromatic rings. The number of pyridine rings is 1. The van der Waals surface area contributed by atoms with E-state index in [1.165, 1.54) is 0 Å². The number of urea groups is 1. The Hall–Kier alpha value is -3.45. The molecule has 0 aliphatic carbocycles. The zero-order chi connectivity index (χ0) is 21.3. The molecule has 1 fully saturated rings. The van der Waals surface area contributed by atoms with Crippen molar-refractivity contribution in [3.8, 4) is 11.3 Å². The number of hydrogen-bond acceptors (Lipinski definition) is 4. The van der Waals surface area contributed by atoms with Crippen molar-refractivity contribution in [2.75, 3.05) is 26.2 Å². The number of aromatic carboxylic acids is 1. The van der Waals surface area contributed by atoms with E-state index >= 15 is 0 Å². The lowest BCUT2D eigenvalue weighted by Crippen LogP contribution is -2.51. The summed E-state index contributed by atoms with van der Waals surface area (Å²) in [6.07, 6.45) is 0. The Kier molecular flexibility index (Phi) is 5.37. The van der Waals surface area contributed by atoms with Crippen molar-refractivity contribution in [1.82, 2.24) is 14.8 Å². The molecule has 7 nitrogen and oxygen atoms in total. The van der Waals surface area contributed by atoms with Gasteiger partial charge in [-0.1, -0.05) is 48.5 Å². The Morgan fingerprint density at radius 3 is 2.27 bits per heavy atom. The zero-order valence-electron chi connectivity index (χ0n) is 16.8. The molecule has 7 heteroatoms. The van der Waals surface area contributed by atoms with Gasteiger partial charge < -0.3 is 15.7 Å². The molecule has 30 heavy (non-hydrogen) atoms. The van der Waals surface area contributed by atoms with Crippen LogP contribution in [0.2, 0.25) is 0 Å². The first-order valence-electron chi connectivity index (χ1n) is 9.97. The van der Waals surface area contributed by atoms with E-state index in [1.807, 2.05) is 61.5 Å². The van der Waals surface area contributed by atoms with E-state index in [-0.39, 0.29) is 11.6 Å². The number of fused-ring (bicyclic) bond motifs is 1. The molecule has 0 bridgehead atoms. The monoisotopic (exact) mass is 404 g/mol.